The summed E-state index contributed by atoms with van der Waals surface area (Å²) in [6.07, 6.45) is 3.37. The van der Waals surface area contributed by atoms with Gasteiger partial charge in [-0.1, -0.05) is 24.3 Å². The largest absolute Gasteiger partial charge is 0.508 e. The number of hydrogen-bond acceptors (Lipinski definition) is 8. The molecule has 3 amide bonds. The van der Waals surface area contributed by atoms with E-state index >= 15 is 0 Å². The minimum atomic E-state index is -1.24. The van der Waals surface area contributed by atoms with E-state index in [1.807, 2.05) is 6.26 Å². The molecule has 4 unspecified atom stereocenters. The molecule has 12 heteroatoms. The molecule has 1 saturated heterocycles. The Kier molecular flexibility index (Phi) is 11.2. The third kappa shape index (κ3) is 8.62. The number of carboxylic acid groups (broad SMARTS) is 1. The number of nitrogens with zero attached hydrogens (tertiary/aromatic N) is 1. The van der Waals surface area contributed by atoms with Crippen LogP contribution in [0.1, 0.15) is 30.4 Å². The second-order valence-electron chi connectivity index (χ2n) is 9.78. The van der Waals surface area contributed by atoms with Gasteiger partial charge in [-0.2, -0.15) is 11.8 Å². The molecule has 1 heterocycles. The van der Waals surface area contributed by atoms with Crippen molar-refractivity contribution < 1.29 is 34.5 Å². The quantitative estimate of drug-likeness (QED) is 0.204. The molecule has 7 N–H and O–H groups in total. The molecule has 0 bridgehead atoms. The Bertz CT molecular complexity index is 1180. The first-order valence-electron chi connectivity index (χ1n) is 13.0. The van der Waals surface area contributed by atoms with E-state index in [4.69, 9.17) is 5.73 Å². The summed E-state index contributed by atoms with van der Waals surface area (Å²) in [5.74, 6) is -2.04. The number of amides is 3. The zero-order valence-electron chi connectivity index (χ0n) is 22.3. The zero-order valence-corrected chi connectivity index (χ0v) is 23.1. The normalized spacial score (nSPS) is 17.1. The summed E-state index contributed by atoms with van der Waals surface area (Å²) >= 11 is 1.48. The number of benzene rings is 2. The lowest BCUT2D eigenvalue weighted by molar-refractivity contribution is -0.143. The van der Waals surface area contributed by atoms with E-state index in [1.165, 1.54) is 40.9 Å². The molecule has 11 nitrogen and oxygen atoms in total. The van der Waals surface area contributed by atoms with Gasteiger partial charge in [0.1, 0.15) is 29.6 Å². The second kappa shape index (κ2) is 14.6. The number of carbonyl (C=O) groups excluding carboxylic acids is 3. The number of likely N-dealkylation sites (tertiary alicyclic amines) is 1. The van der Waals surface area contributed by atoms with Gasteiger partial charge >= 0.3 is 5.97 Å². The van der Waals surface area contributed by atoms with Gasteiger partial charge in [0.05, 0.1) is 6.04 Å². The van der Waals surface area contributed by atoms with E-state index in [0.717, 1.165) is 5.56 Å². The number of aliphatic carboxylic acids is 1. The van der Waals surface area contributed by atoms with Gasteiger partial charge in [0, 0.05) is 13.0 Å². The lowest BCUT2D eigenvalue weighted by atomic mass is 10.0. The molecule has 2 aromatic rings. The van der Waals surface area contributed by atoms with Crippen molar-refractivity contribution in [2.45, 2.75) is 56.3 Å². The maximum atomic E-state index is 13.3. The van der Waals surface area contributed by atoms with E-state index < -0.39 is 42.0 Å². The molecule has 2 aromatic carbocycles. The Balaban J connectivity index is 1.65. The Labute approximate surface area is 237 Å². The summed E-state index contributed by atoms with van der Waals surface area (Å²) in [6.45, 7) is 0.357. The third-order valence-electron chi connectivity index (χ3n) is 6.78. The lowest BCUT2D eigenvalue weighted by Crippen LogP contribution is -2.57. The number of nitrogens with one attached hydrogen (secondary N) is 2. The van der Waals surface area contributed by atoms with Crippen molar-refractivity contribution in [1.29, 1.82) is 0 Å². The van der Waals surface area contributed by atoms with E-state index in [1.54, 1.807) is 24.3 Å². The first-order chi connectivity index (χ1) is 19.1. The standard InChI is InChI=1S/C28H36N4O7S/c1-40-14-12-22(25(35)31-23(28(38)39)16-18-6-10-20(34)11-7-18)30-26(36)24-3-2-13-32(24)27(37)21(29)15-17-4-8-19(33)9-5-17/h4-11,21-24,33-34H,2-3,12-16,29H2,1H3,(H,30,36)(H,31,35)(H,38,39). The van der Waals surface area contributed by atoms with Gasteiger partial charge in [-0.05, 0) is 73.1 Å². The predicted octanol–water partition coefficient (Wildman–Crippen LogP) is 1.01. The number of carboxylic acids is 1. The summed E-state index contributed by atoms with van der Waals surface area (Å²) in [7, 11) is 0. The Morgan fingerprint density at radius 2 is 1.52 bits per heavy atom. The summed E-state index contributed by atoms with van der Waals surface area (Å²) in [6, 6.07) is 8.47. The van der Waals surface area contributed by atoms with Gasteiger partial charge < -0.3 is 36.6 Å². The van der Waals surface area contributed by atoms with Crippen molar-refractivity contribution in [2.75, 3.05) is 18.6 Å². The van der Waals surface area contributed by atoms with Crippen molar-refractivity contribution >= 4 is 35.5 Å². The average molecular weight is 573 g/mol. The molecule has 0 radical (unpaired) electrons. The number of carbonyl (C=O) groups is 4. The topological polar surface area (TPSA) is 182 Å². The number of phenolic OH excluding ortho intramolecular Hbond substituents is 2. The highest BCUT2D eigenvalue weighted by molar-refractivity contribution is 7.98. The van der Waals surface area contributed by atoms with Gasteiger partial charge in [-0.25, -0.2) is 4.79 Å². The van der Waals surface area contributed by atoms with Crippen LogP contribution in [0.5, 0.6) is 11.5 Å². The zero-order chi connectivity index (χ0) is 29.2. The number of phenols is 2. The smallest absolute Gasteiger partial charge is 0.326 e. The van der Waals surface area contributed by atoms with E-state index in [0.29, 0.717) is 30.7 Å². The molecular formula is C28H36N4O7S. The summed E-state index contributed by atoms with van der Waals surface area (Å²) in [5, 5.41) is 33.9. The number of aromatic hydroxyl groups is 2. The first kappa shape index (κ1) is 30.8. The molecule has 0 spiro atoms. The monoisotopic (exact) mass is 572 g/mol. The summed E-state index contributed by atoms with van der Waals surface area (Å²) in [5.41, 5.74) is 7.56. The molecule has 0 aliphatic carbocycles. The first-order valence-corrected chi connectivity index (χ1v) is 14.4. The number of thioether (sulfide) groups is 1. The third-order valence-corrected chi connectivity index (χ3v) is 7.43. The van der Waals surface area contributed by atoms with Crippen LogP contribution < -0.4 is 16.4 Å². The van der Waals surface area contributed by atoms with E-state index in [-0.39, 0.29) is 36.7 Å². The summed E-state index contributed by atoms with van der Waals surface area (Å²) in [4.78, 5) is 52.9. The molecule has 3 rings (SSSR count). The van der Waals surface area contributed by atoms with Crippen molar-refractivity contribution in [1.82, 2.24) is 15.5 Å². The molecule has 216 valence electrons. The van der Waals surface area contributed by atoms with E-state index in [9.17, 15) is 34.5 Å². The molecule has 1 aliphatic rings. The predicted molar refractivity (Wildman–Crippen MR) is 151 cm³/mol. The SMILES string of the molecule is CSCCC(NC(=O)C1CCCN1C(=O)C(N)Cc1ccc(O)cc1)C(=O)NC(Cc1ccc(O)cc1)C(=O)O. The highest BCUT2D eigenvalue weighted by Crippen LogP contribution is 2.20. The van der Waals surface area contributed by atoms with Crippen molar-refractivity contribution in [2.24, 2.45) is 5.73 Å². The fourth-order valence-corrected chi connectivity index (χ4v) is 5.07. The fraction of sp³-hybridized carbons (Fsp3) is 0.429. The van der Waals surface area contributed by atoms with Gasteiger partial charge in [-0.3, -0.25) is 14.4 Å². The highest BCUT2D eigenvalue weighted by Gasteiger charge is 2.38. The highest BCUT2D eigenvalue weighted by atomic mass is 32.2. The minimum absolute atomic E-state index is 0.00558. The number of hydrogen-bond donors (Lipinski definition) is 6. The van der Waals surface area contributed by atoms with Crippen LogP contribution in [0.25, 0.3) is 0 Å². The molecule has 1 fully saturated rings. The van der Waals surface area contributed by atoms with Crippen LogP contribution in [-0.4, -0.2) is 86.6 Å². The van der Waals surface area contributed by atoms with Crippen LogP contribution in [0.2, 0.25) is 0 Å². The Morgan fingerprint density at radius 3 is 2.08 bits per heavy atom. The van der Waals surface area contributed by atoms with Crippen LogP contribution >= 0.6 is 11.8 Å². The van der Waals surface area contributed by atoms with Gasteiger partial charge in [0.25, 0.3) is 0 Å². The molecule has 0 saturated carbocycles. The second-order valence-corrected chi connectivity index (χ2v) is 10.8. The van der Waals surface area contributed by atoms with Crippen LogP contribution in [0.15, 0.2) is 48.5 Å². The molecule has 0 aromatic heterocycles. The van der Waals surface area contributed by atoms with Crippen molar-refractivity contribution in [3.05, 3.63) is 59.7 Å². The van der Waals surface area contributed by atoms with Crippen molar-refractivity contribution in [3.8, 4) is 11.5 Å². The molecular weight excluding hydrogens is 536 g/mol. The minimum Gasteiger partial charge on any atom is -0.508 e. The maximum absolute atomic E-state index is 13.3. The van der Waals surface area contributed by atoms with Gasteiger partial charge in [0.2, 0.25) is 17.7 Å². The van der Waals surface area contributed by atoms with Crippen LogP contribution in [0, 0.1) is 0 Å². The Morgan fingerprint density at radius 1 is 0.950 bits per heavy atom. The summed E-state index contributed by atoms with van der Waals surface area (Å²) < 4.78 is 0. The van der Waals surface area contributed by atoms with Crippen LogP contribution in [0.4, 0.5) is 0 Å². The average Bonchev–Trinajstić information content (AvgIpc) is 3.42. The number of nitrogens with two attached hydrogens (primary N) is 1. The van der Waals surface area contributed by atoms with Gasteiger partial charge in [-0.15, -0.1) is 0 Å². The number of rotatable bonds is 13. The van der Waals surface area contributed by atoms with Crippen molar-refractivity contribution in [3.63, 3.8) is 0 Å². The van der Waals surface area contributed by atoms with Crippen LogP contribution in [0.3, 0.4) is 0 Å². The molecule has 40 heavy (non-hydrogen) atoms. The molecule has 4 atom stereocenters. The molecule has 1 aliphatic heterocycles. The Hall–Kier alpha value is -3.77. The van der Waals surface area contributed by atoms with Gasteiger partial charge in [0.15, 0.2) is 0 Å². The van der Waals surface area contributed by atoms with E-state index in [2.05, 4.69) is 10.6 Å². The van der Waals surface area contributed by atoms with Crippen LogP contribution in [-0.2, 0) is 32.0 Å². The fourth-order valence-electron chi connectivity index (χ4n) is 4.60. The lowest BCUT2D eigenvalue weighted by Gasteiger charge is -2.28. The maximum Gasteiger partial charge on any atom is 0.326 e.